The molecule has 1 amide bonds. The Labute approximate surface area is 176 Å². The first kappa shape index (κ1) is 20.5. The van der Waals surface area contributed by atoms with Crippen molar-refractivity contribution in [2.75, 3.05) is 6.54 Å². The van der Waals surface area contributed by atoms with Gasteiger partial charge in [-0.05, 0) is 74.9 Å². The number of aryl methyl sites for hydroxylation is 1. The molecule has 2 aromatic carbocycles. The normalized spacial score (nSPS) is 19.2. The zero-order chi connectivity index (χ0) is 21.1. The van der Waals surface area contributed by atoms with Gasteiger partial charge in [0.25, 0.3) is 5.91 Å². The number of benzene rings is 2. The second kappa shape index (κ2) is 8.96. The Bertz CT molecular complexity index is 1010. The number of fused-ring (bicyclic) bond motifs is 1. The first-order chi connectivity index (χ1) is 14.5. The summed E-state index contributed by atoms with van der Waals surface area (Å²) in [5.74, 6) is 0.170. The van der Waals surface area contributed by atoms with Gasteiger partial charge in [-0.2, -0.15) is 0 Å². The monoisotopic (exact) mass is 408 g/mol. The van der Waals surface area contributed by atoms with E-state index in [1.165, 1.54) is 12.1 Å². The fourth-order valence-corrected chi connectivity index (χ4v) is 4.43. The topological polar surface area (TPSA) is 61.0 Å². The minimum Gasteiger partial charge on any atom is -0.334 e. The number of nitrogens with zero attached hydrogens (tertiary/aromatic N) is 2. The number of halogens is 1. The maximum Gasteiger partial charge on any atom is 0.289 e. The van der Waals surface area contributed by atoms with Crippen LogP contribution in [0.5, 0.6) is 0 Å². The molecule has 4 rings (SSSR count). The number of aromatic amines is 1. The first-order valence-electron chi connectivity index (χ1n) is 10.8. The molecule has 1 aliphatic carbocycles. The van der Waals surface area contributed by atoms with Crippen molar-refractivity contribution in [1.29, 1.82) is 0 Å². The molecule has 6 heteroatoms. The third kappa shape index (κ3) is 4.54. The van der Waals surface area contributed by atoms with E-state index in [0.29, 0.717) is 25.0 Å². The van der Waals surface area contributed by atoms with E-state index in [0.717, 1.165) is 47.8 Å². The van der Waals surface area contributed by atoms with Gasteiger partial charge >= 0.3 is 0 Å². The molecular weight excluding hydrogens is 379 g/mol. The smallest absolute Gasteiger partial charge is 0.289 e. The number of nitrogens with one attached hydrogen (secondary N) is 2. The highest BCUT2D eigenvalue weighted by Gasteiger charge is 2.30. The van der Waals surface area contributed by atoms with Gasteiger partial charge in [0.15, 0.2) is 5.82 Å². The van der Waals surface area contributed by atoms with Crippen molar-refractivity contribution < 1.29 is 9.18 Å². The average Bonchev–Trinajstić information content (AvgIpc) is 3.17. The van der Waals surface area contributed by atoms with Gasteiger partial charge < -0.3 is 15.2 Å². The molecular formula is C24H29FN4O. The first-order valence-corrected chi connectivity index (χ1v) is 10.8. The summed E-state index contributed by atoms with van der Waals surface area (Å²) in [4.78, 5) is 22.9. The van der Waals surface area contributed by atoms with E-state index >= 15 is 0 Å². The van der Waals surface area contributed by atoms with Crippen LogP contribution in [0.4, 0.5) is 4.39 Å². The highest BCUT2D eigenvalue weighted by Crippen LogP contribution is 2.25. The molecule has 0 aliphatic heterocycles. The summed E-state index contributed by atoms with van der Waals surface area (Å²) in [6.07, 6.45) is 4.09. The Morgan fingerprint density at radius 3 is 2.80 bits per heavy atom. The largest absolute Gasteiger partial charge is 0.334 e. The van der Waals surface area contributed by atoms with Gasteiger partial charge in [-0.15, -0.1) is 0 Å². The molecule has 0 radical (unpaired) electrons. The van der Waals surface area contributed by atoms with Gasteiger partial charge in [-0.25, -0.2) is 9.37 Å². The van der Waals surface area contributed by atoms with Crippen LogP contribution in [0.1, 0.15) is 54.4 Å². The summed E-state index contributed by atoms with van der Waals surface area (Å²) in [7, 11) is 0. The van der Waals surface area contributed by atoms with Crippen LogP contribution >= 0.6 is 0 Å². The number of aromatic nitrogens is 2. The van der Waals surface area contributed by atoms with Crippen molar-refractivity contribution in [1.82, 2.24) is 20.2 Å². The molecule has 0 bridgehead atoms. The summed E-state index contributed by atoms with van der Waals surface area (Å²) >= 11 is 0. The third-order valence-corrected chi connectivity index (χ3v) is 6.04. The molecule has 158 valence electrons. The van der Waals surface area contributed by atoms with Crippen LogP contribution in [-0.2, 0) is 6.54 Å². The van der Waals surface area contributed by atoms with Crippen LogP contribution in [0, 0.1) is 12.7 Å². The van der Waals surface area contributed by atoms with E-state index in [-0.39, 0.29) is 17.8 Å². The fourth-order valence-electron chi connectivity index (χ4n) is 4.43. The van der Waals surface area contributed by atoms with E-state index < -0.39 is 0 Å². The van der Waals surface area contributed by atoms with Crippen molar-refractivity contribution in [2.45, 2.75) is 58.2 Å². The Morgan fingerprint density at radius 2 is 2.03 bits per heavy atom. The second-order valence-corrected chi connectivity index (χ2v) is 8.22. The predicted octanol–water partition coefficient (Wildman–Crippen LogP) is 4.57. The minimum absolute atomic E-state index is 0.0319. The third-order valence-electron chi connectivity index (χ3n) is 6.04. The van der Waals surface area contributed by atoms with Crippen molar-refractivity contribution in [3.05, 3.63) is 65.2 Å². The summed E-state index contributed by atoms with van der Waals surface area (Å²) in [6.45, 7) is 5.42. The number of carbonyl (C=O) groups excluding carboxylic acids is 1. The van der Waals surface area contributed by atoms with Gasteiger partial charge in [-0.1, -0.05) is 18.2 Å². The van der Waals surface area contributed by atoms with E-state index in [1.807, 2.05) is 49.1 Å². The maximum atomic E-state index is 13.2. The zero-order valence-electron chi connectivity index (χ0n) is 17.6. The zero-order valence-corrected chi connectivity index (χ0v) is 17.6. The number of H-pyrrole nitrogens is 1. The second-order valence-electron chi connectivity index (χ2n) is 8.22. The lowest BCUT2D eigenvalue weighted by Crippen LogP contribution is -2.47. The summed E-state index contributed by atoms with van der Waals surface area (Å²) in [5.41, 5.74) is 3.93. The lowest BCUT2D eigenvalue weighted by molar-refractivity contribution is 0.0617. The average molecular weight is 409 g/mol. The molecule has 5 nitrogen and oxygen atoms in total. The van der Waals surface area contributed by atoms with Gasteiger partial charge in [0, 0.05) is 25.2 Å². The molecule has 1 aliphatic rings. The number of carbonyl (C=O) groups is 1. The van der Waals surface area contributed by atoms with E-state index in [4.69, 9.17) is 0 Å². The van der Waals surface area contributed by atoms with Crippen LogP contribution in [0.15, 0.2) is 42.5 Å². The molecule has 30 heavy (non-hydrogen) atoms. The van der Waals surface area contributed by atoms with Crippen molar-refractivity contribution in [2.24, 2.45) is 0 Å². The fraction of sp³-hybridized carbons (Fsp3) is 0.417. The molecule has 3 aromatic rings. The summed E-state index contributed by atoms with van der Waals surface area (Å²) in [5, 5.41) is 3.59. The summed E-state index contributed by atoms with van der Waals surface area (Å²) in [6, 6.07) is 13.1. The van der Waals surface area contributed by atoms with Crippen LogP contribution in [0.25, 0.3) is 11.0 Å². The lowest BCUT2D eigenvalue weighted by Gasteiger charge is -2.37. The molecule has 0 spiro atoms. The van der Waals surface area contributed by atoms with Gasteiger partial charge in [0.05, 0.1) is 11.0 Å². The van der Waals surface area contributed by atoms with Gasteiger partial charge in [0.1, 0.15) is 5.82 Å². The quantitative estimate of drug-likeness (QED) is 0.628. The lowest BCUT2D eigenvalue weighted by atomic mass is 9.89. The van der Waals surface area contributed by atoms with Crippen LogP contribution in [0.3, 0.4) is 0 Å². The number of rotatable bonds is 6. The Hall–Kier alpha value is -2.73. The Morgan fingerprint density at radius 1 is 1.23 bits per heavy atom. The molecule has 1 fully saturated rings. The number of hydrogen-bond donors (Lipinski definition) is 2. The van der Waals surface area contributed by atoms with Crippen molar-refractivity contribution >= 4 is 16.9 Å². The van der Waals surface area contributed by atoms with Crippen LogP contribution in [0.2, 0.25) is 0 Å². The molecule has 2 atom stereocenters. The molecule has 2 unspecified atom stereocenters. The molecule has 1 saturated carbocycles. The summed E-state index contributed by atoms with van der Waals surface area (Å²) < 4.78 is 13.1. The SMILES string of the molecule is CCN(C(=O)c1nc2ccc(C)cc2[nH]1)C1CCCC(NCc2ccc(F)cc2)C1. The highest BCUT2D eigenvalue weighted by molar-refractivity contribution is 5.94. The molecule has 2 N–H and O–H groups in total. The standard InChI is InChI=1S/C24H29FN4O/c1-3-29(24(30)23-27-21-12-7-16(2)13-22(21)28-23)20-6-4-5-19(14-20)26-15-17-8-10-18(25)11-9-17/h7-13,19-20,26H,3-6,14-15H2,1-2H3,(H,27,28). The van der Waals surface area contributed by atoms with E-state index in [2.05, 4.69) is 15.3 Å². The van der Waals surface area contributed by atoms with Gasteiger partial charge in [-0.3, -0.25) is 4.79 Å². The molecule has 1 heterocycles. The van der Waals surface area contributed by atoms with Crippen LogP contribution < -0.4 is 5.32 Å². The van der Waals surface area contributed by atoms with Gasteiger partial charge in [0.2, 0.25) is 0 Å². The number of imidazole rings is 1. The number of amides is 1. The maximum absolute atomic E-state index is 13.2. The Kier molecular flexibility index (Phi) is 6.13. The van der Waals surface area contributed by atoms with E-state index in [1.54, 1.807) is 0 Å². The number of hydrogen-bond acceptors (Lipinski definition) is 3. The Balaban J connectivity index is 1.42. The van der Waals surface area contributed by atoms with E-state index in [9.17, 15) is 9.18 Å². The van der Waals surface area contributed by atoms with Crippen molar-refractivity contribution in [3.8, 4) is 0 Å². The van der Waals surface area contributed by atoms with Crippen molar-refractivity contribution in [3.63, 3.8) is 0 Å². The molecule has 1 aromatic heterocycles. The van der Waals surface area contributed by atoms with Crippen LogP contribution in [-0.4, -0.2) is 39.4 Å². The minimum atomic E-state index is -0.214. The molecule has 0 saturated heterocycles. The highest BCUT2D eigenvalue weighted by atomic mass is 19.1. The predicted molar refractivity (Wildman–Crippen MR) is 117 cm³/mol.